The predicted octanol–water partition coefficient (Wildman–Crippen LogP) is 2.74. The molecule has 1 aromatic rings. The first kappa shape index (κ1) is 13.4. The summed E-state index contributed by atoms with van der Waals surface area (Å²) in [6.45, 7) is 7.86. The van der Waals surface area contributed by atoms with E-state index in [1.807, 2.05) is 27.7 Å². The first-order valence-electron chi connectivity index (χ1n) is 3.54. The number of nitrogens with zero attached hydrogens (tertiary/aromatic N) is 2. The normalized spacial score (nSPS) is 7.27. The van der Waals surface area contributed by atoms with E-state index in [2.05, 4.69) is 9.97 Å². The van der Waals surface area contributed by atoms with Gasteiger partial charge in [0.25, 0.3) is 0 Å². The maximum absolute atomic E-state index is 4.11. The van der Waals surface area contributed by atoms with Crippen LogP contribution in [0.4, 0.5) is 0 Å². The molecule has 0 amide bonds. The smallest absolute Gasteiger partial charge is 0.0558 e. The number of halogens is 1. The van der Waals surface area contributed by atoms with Crippen molar-refractivity contribution in [3.05, 3.63) is 23.8 Å². The van der Waals surface area contributed by atoms with Crippen LogP contribution in [0, 0.1) is 13.8 Å². The highest BCUT2D eigenvalue weighted by atomic mass is 127. The molecule has 0 aliphatic carbocycles. The van der Waals surface area contributed by atoms with Gasteiger partial charge in [0.15, 0.2) is 0 Å². The van der Waals surface area contributed by atoms with Crippen LogP contribution in [-0.2, 0) is 0 Å². The van der Waals surface area contributed by atoms with Crippen LogP contribution in [0.2, 0.25) is 0 Å². The average molecular weight is 266 g/mol. The molecule has 0 aromatic carbocycles. The maximum atomic E-state index is 4.11. The number of aromatic nitrogens is 2. The van der Waals surface area contributed by atoms with Crippen molar-refractivity contribution >= 4 is 24.0 Å². The summed E-state index contributed by atoms with van der Waals surface area (Å²) in [5.74, 6) is 0. The molecule has 2 nitrogen and oxygen atoms in total. The van der Waals surface area contributed by atoms with Crippen molar-refractivity contribution in [1.82, 2.24) is 9.97 Å². The van der Waals surface area contributed by atoms with Gasteiger partial charge in [0.05, 0.1) is 11.4 Å². The molecule has 1 rings (SSSR count). The van der Waals surface area contributed by atoms with Crippen LogP contribution >= 0.6 is 24.0 Å². The largest absolute Gasteiger partial charge is 0.261 e. The molecule has 0 saturated heterocycles. The fourth-order valence-electron chi connectivity index (χ4n) is 0.589. The molecule has 0 aliphatic heterocycles. The molecule has 0 atom stereocenters. The minimum absolute atomic E-state index is 0. The van der Waals surface area contributed by atoms with Crippen molar-refractivity contribution in [2.75, 3.05) is 0 Å². The number of aryl methyl sites for hydroxylation is 2. The Morgan fingerprint density at radius 2 is 1.36 bits per heavy atom. The topological polar surface area (TPSA) is 25.8 Å². The van der Waals surface area contributed by atoms with Crippen LogP contribution in [0.25, 0.3) is 0 Å². The van der Waals surface area contributed by atoms with E-state index in [0.717, 1.165) is 11.4 Å². The molecule has 0 saturated carbocycles. The Hall–Kier alpha value is -0.190. The molecule has 11 heavy (non-hydrogen) atoms. The zero-order valence-corrected chi connectivity index (χ0v) is 9.79. The molecular weight excluding hydrogens is 251 g/mol. The van der Waals surface area contributed by atoms with Gasteiger partial charge in [-0.3, -0.25) is 9.97 Å². The van der Waals surface area contributed by atoms with Crippen molar-refractivity contribution in [2.45, 2.75) is 27.7 Å². The number of hydrogen-bond donors (Lipinski definition) is 0. The molecule has 0 bridgehead atoms. The Morgan fingerprint density at radius 3 is 1.55 bits per heavy atom. The molecule has 0 N–H and O–H groups in total. The van der Waals surface area contributed by atoms with Crippen LogP contribution in [0.5, 0.6) is 0 Å². The van der Waals surface area contributed by atoms with Gasteiger partial charge in [-0.1, -0.05) is 13.8 Å². The van der Waals surface area contributed by atoms with Crippen LogP contribution in [0.3, 0.4) is 0 Å². The molecule has 0 spiro atoms. The average Bonchev–Trinajstić information content (AvgIpc) is 1.91. The quantitative estimate of drug-likeness (QED) is 0.675. The van der Waals surface area contributed by atoms with E-state index >= 15 is 0 Å². The van der Waals surface area contributed by atoms with E-state index in [1.165, 1.54) is 0 Å². The van der Waals surface area contributed by atoms with Crippen molar-refractivity contribution < 1.29 is 0 Å². The zero-order valence-electron chi connectivity index (χ0n) is 7.46. The van der Waals surface area contributed by atoms with Gasteiger partial charge in [-0.15, -0.1) is 24.0 Å². The molecule has 0 aliphatic rings. The van der Waals surface area contributed by atoms with Crippen LogP contribution in [-0.4, -0.2) is 9.97 Å². The summed E-state index contributed by atoms with van der Waals surface area (Å²) in [5, 5.41) is 0. The van der Waals surface area contributed by atoms with E-state index in [-0.39, 0.29) is 24.0 Å². The Morgan fingerprint density at radius 1 is 1.00 bits per heavy atom. The second-order valence-electron chi connectivity index (χ2n) is 1.80. The highest BCUT2D eigenvalue weighted by Crippen LogP contribution is 1.89. The Bertz CT molecular complexity index is 172. The van der Waals surface area contributed by atoms with Crippen molar-refractivity contribution in [3.8, 4) is 0 Å². The summed E-state index contributed by atoms with van der Waals surface area (Å²) in [7, 11) is 0. The lowest BCUT2D eigenvalue weighted by atomic mass is 10.4. The SMILES string of the molecule is CC.Cc1cncc(C)n1.I. The van der Waals surface area contributed by atoms with Crippen LogP contribution in [0.15, 0.2) is 12.4 Å². The van der Waals surface area contributed by atoms with Gasteiger partial charge >= 0.3 is 0 Å². The summed E-state index contributed by atoms with van der Waals surface area (Å²) in [5.41, 5.74) is 1.95. The summed E-state index contributed by atoms with van der Waals surface area (Å²) < 4.78 is 0. The Labute approximate surface area is 85.5 Å². The van der Waals surface area contributed by atoms with Crippen molar-refractivity contribution in [2.24, 2.45) is 0 Å². The third-order valence-electron chi connectivity index (χ3n) is 0.875. The fourth-order valence-corrected chi connectivity index (χ4v) is 0.589. The third kappa shape index (κ3) is 6.22. The first-order valence-corrected chi connectivity index (χ1v) is 3.54. The lowest BCUT2D eigenvalue weighted by Crippen LogP contribution is -1.85. The Balaban J connectivity index is 0. The first-order chi connectivity index (χ1) is 4.79. The predicted molar refractivity (Wildman–Crippen MR) is 58.3 cm³/mol. The van der Waals surface area contributed by atoms with Gasteiger partial charge in [0.1, 0.15) is 0 Å². The molecule has 0 radical (unpaired) electrons. The number of hydrogen-bond acceptors (Lipinski definition) is 2. The zero-order chi connectivity index (χ0) is 7.98. The van der Waals surface area contributed by atoms with Crippen molar-refractivity contribution in [1.29, 1.82) is 0 Å². The number of rotatable bonds is 0. The van der Waals surface area contributed by atoms with Gasteiger partial charge < -0.3 is 0 Å². The molecule has 64 valence electrons. The molecule has 1 heterocycles. The highest BCUT2D eigenvalue weighted by molar-refractivity contribution is 14.0. The summed E-state index contributed by atoms with van der Waals surface area (Å²) in [6.07, 6.45) is 3.49. The van der Waals surface area contributed by atoms with Crippen LogP contribution < -0.4 is 0 Å². The fraction of sp³-hybridized carbons (Fsp3) is 0.500. The van der Waals surface area contributed by atoms with E-state index in [9.17, 15) is 0 Å². The van der Waals surface area contributed by atoms with Gasteiger partial charge in [-0.2, -0.15) is 0 Å². The highest BCUT2D eigenvalue weighted by Gasteiger charge is 1.83. The van der Waals surface area contributed by atoms with E-state index in [0.29, 0.717) is 0 Å². The summed E-state index contributed by atoms with van der Waals surface area (Å²) in [6, 6.07) is 0. The molecule has 1 aromatic heterocycles. The van der Waals surface area contributed by atoms with E-state index < -0.39 is 0 Å². The standard InChI is InChI=1S/C6H8N2.C2H6.HI/c1-5-3-7-4-6(2)8-5;1-2;/h3-4H,1-2H3;1-2H3;1H. The summed E-state index contributed by atoms with van der Waals surface area (Å²) >= 11 is 0. The van der Waals surface area contributed by atoms with Gasteiger partial charge in [-0.25, -0.2) is 0 Å². The maximum Gasteiger partial charge on any atom is 0.0558 e. The van der Waals surface area contributed by atoms with Gasteiger partial charge in [-0.05, 0) is 13.8 Å². The Kier molecular flexibility index (Phi) is 9.64. The molecule has 3 heteroatoms. The molecule has 0 unspecified atom stereocenters. The van der Waals surface area contributed by atoms with E-state index in [1.54, 1.807) is 12.4 Å². The minimum atomic E-state index is 0. The molecular formula is C8H15IN2. The van der Waals surface area contributed by atoms with Crippen LogP contribution in [0.1, 0.15) is 25.2 Å². The minimum Gasteiger partial charge on any atom is -0.261 e. The van der Waals surface area contributed by atoms with Crippen molar-refractivity contribution in [3.63, 3.8) is 0 Å². The second-order valence-corrected chi connectivity index (χ2v) is 1.80. The second kappa shape index (κ2) is 7.91. The molecule has 0 fully saturated rings. The van der Waals surface area contributed by atoms with E-state index in [4.69, 9.17) is 0 Å². The van der Waals surface area contributed by atoms with Gasteiger partial charge in [0.2, 0.25) is 0 Å². The third-order valence-corrected chi connectivity index (χ3v) is 0.875. The summed E-state index contributed by atoms with van der Waals surface area (Å²) in [4.78, 5) is 8.03. The lowest BCUT2D eigenvalue weighted by Gasteiger charge is -1.89. The lowest BCUT2D eigenvalue weighted by molar-refractivity contribution is 1.05. The van der Waals surface area contributed by atoms with Gasteiger partial charge in [0, 0.05) is 12.4 Å². The monoisotopic (exact) mass is 266 g/mol.